The second-order valence-corrected chi connectivity index (χ2v) is 3.86. The van der Waals surface area contributed by atoms with Crippen LogP contribution in [0.15, 0.2) is 24.3 Å². The molecule has 1 aromatic carbocycles. The van der Waals surface area contributed by atoms with Gasteiger partial charge in [-0.15, -0.1) is 0 Å². The third-order valence-corrected chi connectivity index (χ3v) is 1.94. The average molecular weight is 197 g/mol. The highest BCUT2D eigenvalue weighted by molar-refractivity contribution is 5.23. The average Bonchev–Trinajstić information content (AvgIpc) is 2.02. The molecule has 78 valence electrons. The Morgan fingerprint density at radius 1 is 1.43 bits per heavy atom. The molecule has 1 rings (SSSR count). The first kappa shape index (κ1) is 11.0. The molecule has 2 N–H and O–H groups in total. The molecule has 0 aliphatic rings. The summed E-state index contributed by atoms with van der Waals surface area (Å²) >= 11 is 0. The van der Waals surface area contributed by atoms with Gasteiger partial charge in [-0.25, -0.2) is 4.39 Å². The molecule has 0 aliphatic heterocycles. The van der Waals surface area contributed by atoms with Crippen LogP contribution in [-0.4, -0.2) is 12.1 Å². The number of nitrogens with two attached hydrogens (primary N) is 1. The van der Waals surface area contributed by atoms with E-state index >= 15 is 0 Å². The lowest BCUT2D eigenvalue weighted by molar-refractivity contribution is 0.102. The summed E-state index contributed by atoms with van der Waals surface area (Å²) in [7, 11) is 0. The molecule has 0 spiro atoms. The Morgan fingerprint density at radius 2 is 2.14 bits per heavy atom. The number of halogens is 1. The van der Waals surface area contributed by atoms with E-state index in [0.717, 1.165) is 6.42 Å². The normalized spacial score (nSPS) is 11.4. The van der Waals surface area contributed by atoms with Crippen LogP contribution in [0.1, 0.15) is 20.3 Å². The molecule has 0 saturated carbocycles. The quantitative estimate of drug-likeness (QED) is 0.804. The fourth-order valence-corrected chi connectivity index (χ4v) is 1.25. The molecule has 0 amide bonds. The van der Waals surface area contributed by atoms with Crippen LogP contribution in [-0.2, 0) is 0 Å². The first-order valence-electron chi connectivity index (χ1n) is 4.68. The summed E-state index contributed by atoms with van der Waals surface area (Å²) in [4.78, 5) is 0. The van der Waals surface area contributed by atoms with Gasteiger partial charge in [-0.3, -0.25) is 0 Å². The van der Waals surface area contributed by atoms with Crippen LogP contribution < -0.4 is 10.5 Å². The molecule has 0 unspecified atom stereocenters. The highest BCUT2D eigenvalue weighted by Gasteiger charge is 2.18. The highest BCUT2D eigenvalue weighted by atomic mass is 19.1. The Bertz CT molecular complexity index is 299. The third-order valence-electron chi connectivity index (χ3n) is 1.94. The van der Waals surface area contributed by atoms with Crippen LogP contribution in [0, 0.1) is 5.82 Å². The summed E-state index contributed by atoms with van der Waals surface area (Å²) in [6.07, 6.45) is 0.740. The number of benzene rings is 1. The summed E-state index contributed by atoms with van der Waals surface area (Å²) in [5, 5.41) is 0. The third kappa shape index (κ3) is 3.34. The van der Waals surface area contributed by atoms with Gasteiger partial charge in [-0.1, -0.05) is 6.07 Å². The molecular weight excluding hydrogens is 181 g/mol. The summed E-state index contributed by atoms with van der Waals surface area (Å²) in [6, 6.07) is 6.13. The first-order valence-corrected chi connectivity index (χ1v) is 4.68. The zero-order chi connectivity index (χ0) is 10.6. The van der Waals surface area contributed by atoms with Crippen LogP contribution >= 0.6 is 0 Å². The lowest BCUT2D eigenvalue weighted by atomic mass is 10.1. The fraction of sp³-hybridized carbons (Fsp3) is 0.455. The zero-order valence-electron chi connectivity index (χ0n) is 8.59. The largest absolute Gasteiger partial charge is 0.488 e. The lowest BCUT2D eigenvalue weighted by Gasteiger charge is -2.25. The number of hydrogen-bond acceptors (Lipinski definition) is 2. The van der Waals surface area contributed by atoms with Crippen LogP contribution in [0.4, 0.5) is 4.39 Å². The van der Waals surface area contributed by atoms with Gasteiger partial charge >= 0.3 is 0 Å². The maximum atomic E-state index is 12.8. The maximum Gasteiger partial charge on any atom is 0.126 e. The lowest BCUT2D eigenvalue weighted by Crippen LogP contribution is -2.31. The van der Waals surface area contributed by atoms with E-state index in [0.29, 0.717) is 12.3 Å². The Labute approximate surface area is 83.9 Å². The minimum atomic E-state index is -0.345. The minimum Gasteiger partial charge on any atom is -0.488 e. The van der Waals surface area contributed by atoms with Gasteiger partial charge in [0.15, 0.2) is 0 Å². The van der Waals surface area contributed by atoms with Crippen molar-refractivity contribution in [3.8, 4) is 5.75 Å². The predicted molar refractivity (Wildman–Crippen MR) is 54.8 cm³/mol. The van der Waals surface area contributed by atoms with Gasteiger partial charge in [0, 0.05) is 6.07 Å². The summed E-state index contributed by atoms with van der Waals surface area (Å²) in [5.41, 5.74) is 5.10. The van der Waals surface area contributed by atoms with E-state index in [9.17, 15) is 4.39 Å². The molecule has 0 aliphatic carbocycles. The van der Waals surface area contributed by atoms with Gasteiger partial charge in [0.25, 0.3) is 0 Å². The van der Waals surface area contributed by atoms with E-state index in [2.05, 4.69) is 0 Å². The van der Waals surface area contributed by atoms with Crippen molar-refractivity contribution < 1.29 is 9.13 Å². The Kier molecular flexibility index (Phi) is 3.47. The van der Waals surface area contributed by atoms with E-state index in [1.165, 1.54) is 12.1 Å². The Hall–Kier alpha value is -1.09. The van der Waals surface area contributed by atoms with Crippen molar-refractivity contribution in [1.82, 2.24) is 0 Å². The van der Waals surface area contributed by atoms with E-state index < -0.39 is 0 Å². The first-order chi connectivity index (χ1) is 6.53. The molecular formula is C11H16FNO. The van der Waals surface area contributed by atoms with Crippen molar-refractivity contribution in [1.29, 1.82) is 0 Å². The summed E-state index contributed by atoms with van der Waals surface area (Å²) in [5.74, 6) is 0.259. The monoisotopic (exact) mass is 197 g/mol. The van der Waals surface area contributed by atoms with E-state index in [-0.39, 0.29) is 11.4 Å². The van der Waals surface area contributed by atoms with Crippen molar-refractivity contribution >= 4 is 0 Å². The molecule has 2 nitrogen and oxygen atoms in total. The topological polar surface area (TPSA) is 35.2 Å². The number of ether oxygens (including phenoxy) is 1. The fourth-order valence-electron chi connectivity index (χ4n) is 1.25. The van der Waals surface area contributed by atoms with Crippen LogP contribution in [0.2, 0.25) is 0 Å². The SMILES string of the molecule is CC(C)(CCN)Oc1cccc(F)c1. The number of rotatable bonds is 4. The van der Waals surface area contributed by atoms with Crippen molar-refractivity contribution in [2.24, 2.45) is 5.73 Å². The smallest absolute Gasteiger partial charge is 0.126 e. The van der Waals surface area contributed by atoms with Gasteiger partial charge in [0.2, 0.25) is 0 Å². The Morgan fingerprint density at radius 3 is 2.71 bits per heavy atom. The standard InChI is InChI=1S/C11H16FNO/c1-11(2,6-7-13)14-10-5-3-4-9(12)8-10/h3-5,8H,6-7,13H2,1-2H3. The van der Waals surface area contributed by atoms with Crippen LogP contribution in [0.25, 0.3) is 0 Å². The predicted octanol–water partition coefficient (Wildman–Crippen LogP) is 2.33. The van der Waals surface area contributed by atoms with Gasteiger partial charge in [-0.05, 0) is 38.9 Å². The molecule has 0 aromatic heterocycles. The van der Waals surface area contributed by atoms with Crippen LogP contribution in [0.3, 0.4) is 0 Å². The molecule has 0 radical (unpaired) electrons. The highest BCUT2D eigenvalue weighted by Crippen LogP contribution is 2.20. The number of hydrogen-bond donors (Lipinski definition) is 1. The molecule has 1 aromatic rings. The van der Waals surface area contributed by atoms with Crippen molar-refractivity contribution in [2.75, 3.05) is 6.54 Å². The van der Waals surface area contributed by atoms with Crippen molar-refractivity contribution in [3.05, 3.63) is 30.1 Å². The second kappa shape index (κ2) is 4.42. The van der Waals surface area contributed by atoms with E-state index in [1.54, 1.807) is 12.1 Å². The van der Waals surface area contributed by atoms with Gasteiger partial charge in [0.1, 0.15) is 17.2 Å². The summed E-state index contributed by atoms with van der Waals surface area (Å²) < 4.78 is 18.4. The molecule has 0 bridgehead atoms. The van der Waals surface area contributed by atoms with Crippen LogP contribution in [0.5, 0.6) is 5.75 Å². The molecule has 0 fully saturated rings. The Balaban J connectivity index is 2.68. The molecule has 0 saturated heterocycles. The van der Waals surface area contributed by atoms with Gasteiger partial charge < -0.3 is 10.5 Å². The van der Waals surface area contributed by atoms with E-state index in [1.807, 2.05) is 13.8 Å². The molecule has 3 heteroatoms. The van der Waals surface area contributed by atoms with Crippen molar-refractivity contribution in [3.63, 3.8) is 0 Å². The van der Waals surface area contributed by atoms with Crippen molar-refractivity contribution in [2.45, 2.75) is 25.9 Å². The van der Waals surface area contributed by atoms with Gasteiger partial charge in [-0.2, -0.15) is 0 Å². The molecule has 0 atom stereocenters. The van der Waals surface area contributed by atoms with E-state index in [4.69, 9.17) is 10.5 Å². The summed E-state index contributed by atoms with van der Waals surface area (Å²) in [6.45, 7) is 4.43. The van der Waals surface area contributed by atoms with Gasteiger partial charge in [0.05, 0.1) is 0 Å². The maximum absolute atomic E-state index is 12.8. The second-order valence-electron chi connectivity index (χ2n) is 3.86. The molecule has 14 heavy (non-hydrogen) atoms. The minimum absolute atomic E-state index is 0.286. The molecule has 0 heterocycles. The zero-order valence-corrected chi connectivity index (χ0v) is 8.59.